The van der Waals surface area contributed by atoms with Gasteiger partial charge in [-0.15, -0.1) is 0 Å². The number of carbonyl (C=O) groups excluding carboxylic acids is 3. The molecule has 0 unspecified atom stereocenters. The Labute approximate surface area is 193 Å². The Kier molecular flexibility index (Phi) is 6.83. The van der Waals surface area contributed by atoms with E-state index in [0.29, 0.717) is 23.5 Å². The lowest BCUT2D eigenvalue weighted by Crippen LogP contribution is -2.31. The highest BCUT2D eigenvalue weighted by molar-refractivity contribution is 6.04. The van der Waals surface area contributed by atoms with Crippen molar-refractivity contribution < 1.29 is 14.4 Å². The van der Waals surface area contributed by atoms with Crippen LogP contribution < -0.4 is 15.5 Å². The summed E-state index contributed by atoms with van der Waals surface area (Å²) in [5.41, 5.74) is 3.60. The number of likely N-dealkylation sites (N-methyl/N-ethyl adjacent to an activating group) is 1. The number of benzene rings is 3. The summed E-state index contributed by atoms with van der Waals surface area (Å²) in [6.07, 6.45) is 2.18. The molecule has 0 aromatic heterocycles. The second-order valence-corrected chi connectivity index (χ2v) is 8.14. The maximum absolute atomic E-state index is 12.8. The largest absolute Gasteiger partial charge is 0.326 e. The van der Waals surface area contributed by atoms with Crippen LogP contribution in [0.15, 0.2) is 78.9 Å². The second-order valence-electron chi connectivity index (χ2n) is 8.14. The second kappa shape index (κ2) is 10.1. The Morgan fingerprint density at radius 3 is 2.03 bits per heavy atom. The fourth-order valence-corrected chi connectivity index (χ4v) is 3.58. The maximum Gasteiger partial charge on any atom is 0.255 e. The van der Waals surface area contributed by atoms with Crippen LogP contribution in [0.1, 0.15) is 35.7 Å². The van der Waals surface area contributed by atoms with Crippen LogP contribution in [0.2, 0.25) is 0 Å². The number of rotatable bonds is 8. The van der Waals surface area contributed by atoms with Gasteiger partial charge in [0.05, 0.1) is 6.42 Å². The van der Waals surface area contributed by atoms with Gasteiger partial charge in [-0.05, 0) is 73.9 Å². The molecule has 3 aromatic rings. The van der Waals surface area contributed by atoms with Crippen LogP contribution in [0, 0.1) is 5.92 Å². The van der Waals surface area contributed by atoms with Crippen LogP contribution in [0.25, 0.3) is 0 Å². The topological polar surface area (TPSA) is 78.5 Å². The summed E-state index contributed by atoms with van der Waals surface area (Å²) in [4.78, 5) is 38.9. The van der Waals surface area contributed by atoms with E-state index < -0.39 is 0 Å². The van der Waals surface area contributed by atoms with Crippen molar-refractivity contribution >= 4 is 34.8 Å². The van der Waals surface area contributed by atoms with Crippen LogP contribution in [0.3, 0.4) is 0 Å². The van der Waals surface area contributed by atoms with Crippen molar-refractivity contribution in [1.29, 1.82) is 0 Å². The molecule has 0 atom stereocenters. The van der Waals surface area contributed by atoms with E-state index in [2.05, 4.69) is 10.6 Å². The first-order valence-corrected chi connectivity index (χ1v) is 11.2. The summed E-state index contributed by atoms with van der Waals surface area (Å²) < 4.78 is 0. The number of nitrogens with zero attached hydrogens (tertiary/aromatic N) is 1. The van der Waals surface area contributed by atoms with Gasteiger partial charge in [-0.1, -0.05) is 30.3 Å². The summed E-state index contributed by atoms with van der Waals surface area (Å²) in [5, 5.41) is 5.73. The number of carbonyl (C=O) groups is 3. The Hall–Kier alpha value is -3.93. The molecule has 6 nitrogen and oxygen atoms in total. The molecule has 168 valence electrons. The van der Waals surface area contributed by atoms with E-state index in [9.17, 15) is 14.4 Å². The predicted molar refractivity (Wildman–Crippen MR) is 130 cm³/mol. The Morgan fingerprint density at radius 1 is 0.818 bits per heavy atom. The van der Waals surface area contributed by atoms with E-state index in [-0.39, 0.29) is 30.1 Å². The summed E-state index contributed by atoms with van der Waals surface area (Å²) in [5.74, 6) is -0.0410. The molecule has 1 aliphatic carbocycles. The van der Waals surface area contributed by atoms with Gasteiger partial charge in [-0.3, -0.25) is 14.4 Å². The summed E-state index contributed by atoms with van der Waals surface area (Å²) in [7, 11) is 0. The number of nitrogens with one attached hydrogen (secondary N) is 2. The Morgan fingerprint density at radius 2 is 1.42 bits per heavy atom. The average molecular weight is 442 g/mol. The van der Waals surface area contributed by atoms with Crippen LogP contribution in [-0.4, -0.2) is 24.3 Å². The molecule has 0 heterocycles. The first kappa shape index (κ1) is 22.3. The number of anilines is 3. The number of hydrogen-bond acceptors (Lipinski definition) is 3. The molecular formula is C27H27N3O3. The molecule has 3 aromatic carbocycles. The molecule has 3 amide bonds. The van der Waals surface area contributed by atoms with Gasteiger partial charge in [0.2, 0.25) is 11.8 Å². The first-order valence-electron chi connectivity index (χ1n) is 11.2. The zero-order chi connectivity index (χ0) is 23.2. The zero-order valence-electron chi connectivity index (χ0n) is 18.6. The Balaban J connectivity index is 1.32. The third-order valence-electron chi connectivity index (χ3n) is 5.62. The van der Waals surface area contributed by atoms with Crippen molar-refractivity contribution in [2.45, 2.75) is 26.2 Å². The summed E-state index contributed by atoms with van der Waals surface area (Å²) >= 11 is 0. The molecule has 0 aliphatic heterocycles. The van der Waals surface area contributed by atoms with Gasteiger partial charge in [0, 0.05) is 35.1 Å². The van der Waals surface area contributed by atoms with Crippen molar-refractivity contribution in [3.63, 3.8) is 0 Å². The van der Waals surface area contributed by atoms with E-state index in [0.717, 1.165) is 24.1 Å². The van der Waals surface area contributed by atoms with Gasteiger partial charge in [0.15, 0.2) is 0 Å². The third kappa shape index (κ3) is 5.86. The molecule has 4 rings (SSSR count). The van der Waals surface area contributed by atoms with Gasteiger partial charge in [-0.2, -0.15) is 0 Å². The average Bonchev–Trinajstić information content (AvgIpc) is 3.68. The van der Waals surface area contributed by atoms with Gasteiger partial charge >= 0.3 is 0 Å². The lowest BCUT2D eigenvalue weighted by atomic mass is 10.1. The molecular weight excluding hydrogens is 414 g/mol. The van der Waals surface area contributed by atoms with E-state index in [1.807, 2.05) is 49.4 Å². The van der Waals surface area contributed by atoms with Crippen molar-refractivity contribution in [3.05, 3.63) is 90.0 Å². The number of hydrogen-bond donors (Lipinski definition) is 2. The van der Waals surface area contributed by atoms with E-state index >= 15 is 0 Å². The van der Waals surface area contributed by atoms with E-state index in [4.69, 9.17) is 0 Å². The van der Waals surface area contributed by atoms with E-state index in [1.54, 1.807) is 41.3 Å². The SMILES string of the molecule is CCN(C(=O)Cc1ccc(NC(=O)c2ccc(NC(=O)C3CC3)cc2)cc1)c1ccccc1. The molecule has 0 bridgehead atoms. The predicted octanol–water partition coefficient (Wildman–Crippen LogP) is 4.88. The number of para-hydroxylation sites is 1. The quantitative estimate of drug-likeness (QED) is 0.523. The molecule has 6 heteroatoms. The van der Waals surface area contributed by atoms with Gasteiger partial charge < -0.3 is 15.5 Å². The lowest BCUT2D eigenvalue weighted by molar-refractivity contribution is -0.118. The van der Waals surface area contributed by atoms with Crippen molar-refractivity contribution in [1.82, 2.24) is 0 Å². The molecule has 1 aliphatic rings. The molecule has 2 N–H and O–H groups in total. The molecule has 0 radical (unpaired) electrons. The molecule has 33 heavy (non-hydrogen) atoms. The van der Waals surface area contributed by atoms with Crippen LogP contribution >= 0.6 is 0 Å². The van der Waals surface area contributed by atoms with Crippen molar-refractivity contribution in [2.75, 3.05) is 22.1 Å². The number of amides is 3. The van der Waals surface area contributed by atoms with Crippen LogP contribution in [0.4, 0.5) is 17.1 Å². The van der Waals surface area contributed by atoms with Crippen molar-refractivity contribution in [2.24, 2.45) is 5.92 Å². The molecule has 0 spiro atoms. The minimum absolute atomic E-state index is 0.0225. The maximum atomic E-state index is 12.8. The van der Waals surface area contributed by atoms with Gasteiger partial charge in [0.25, 0.3) is 5.91 Å². The highest BCUT2D eigenvalue weighted by atomic mass is 16.2. The highest BCUT2D eigenvalue weighted by Crippen LogP contribution is 2.30. The normalized spacial score (nSPS) is 12.6. The monoisotopic (exact) mass is 441 g/mol. The van der Waals surface area contributed by atoms with Gasteiger partial charge in [-0.25, -0.2) is 0 Å². The van der Waals surface area contributed by atoms with Crippen LogP contribution in [-0.2, 0) is 16.0 Å². The van der Waals surface area contributed by atoms with Crippen molar-refractivity contribution in [3.8, 4) is 0 Å². The smallest absolute Gasteiger partial charge is 0.255 e. The molecule has 1 fully saturated rings. The van der Waals surface area contributed by atoms with Crippen LogP contribution in [0.5, 0.6) is 0 Å². The summed E-state index contributed by atoms with van der Waals surface area (Å²) in [6.45, 7) is 2.55. The minimum Gasteiger partial charge on any atom is -0.326 e. The Bertz CT molecular complexity index is 1120. The standard InChI is InChI=1S/C27H27N3O3/c1-2-30(24-6-4-3-5-7-24)25(31)18-19-8-14-22(15-9-19)28-27(33)21-12-16-23(17-13-21)29-26(32)20-10-11-20/h3-9,12-17,20H,2,10-11,18H2,1H3,(H,28,33)(H,29,32). The molecule has 0 saturated heterocycles. The summed E-state index contributed by atoms with van der Waals surface area (Å²) in [6, 6.07) is 23.7. The van der Waals surface area contributed by atoms with E-state index in [1.165, 1.54) is 0 Å². The fraction of sp³-hybridized carbons (Fsp3) is 0.222. The highest BCUT2D eigenvalue weighted by Gasteiger charge is 2.29. The van der Waals surface area contributed by atoms with Gasteiger partial charge in [0.1, 0.15) is 0 Å². The fourth-order valence-electron chi connectivity index (χ4n) is 3.58. The lowest BCUT2D eigenvalue weighted by Gasteiger charge is -2.21. The first-order chi connectivity index (χ1) is 16.0. The minimum atomic E-state index is -0.236. The third-order valence-corrected chi connectivity index (χ3v) is 5.62. The zero-order valence-corrected chi connectivity index (χ0v) is 18.6. The molecule has 1 saturated carbocycles.